The summed E-state index contributed by atoms with van der Waals surface area (Å²) >= 11 is 0. The number of likely N-dealkylation sites (N-methyl/N-ethyl adjacent to an activating group) is 1. The molecular weight excluding hydrogens is 226 g/mol. The fourth-order valence-electron chi connectivity index (χ4n) is 1.66. The summed E-state index contributed by atoms with van der Waals surface area (Å²) < 4.78 is 1.83. The molecule has 0 unspecified atom stereocenters. The molecule has 0 amide bonds. The van der Waals surface area contributed by atoms with Crippen LogP contribution in [0.1, 0.15) is 39.3 Å². The Bertz CT molecular complexity index is 404. The lowest BCUT2D eigenvalue weighted by molar-refractivity contribution is 0.210. The van der Waals surface area contributed by atoms with Crippen molar-refractivity contribution in [1.29, 1.82) is 0 Å². The van der Waals surface area contributed by atoms with E-state index in [1.807, 2.05) is 11.7 Å². The average Bonchev–Trinajstić information content (AvgIpc) is 2.52. The van der Waals surface area contributed by atoms with Crippen LogP contribution in [0.15, 0.2) is 0 Å². The van der Waals surface area contributed by atoms with E-state index in [4.69, 9.17) is 5.73 Å². The van der Waals surface area contributed by atoms with Gasteiger partial charge in [-0.25, -0.2) is 0 Å². The highest BCUT2D eigenvalue weighted by molar-refractivity contribution is 5.65. The van der Waals surface area contributed by atoms with E-state index >= 15 is 0 Å². The fraction of sp³-hybridized carbons (Fsp3) is 0.769. The first-order valence-corrected chi connectivity index (χ1v) is 6.40. The highest BCUT2D eigenvalue weighted by Crippen LogP contribution is 2.28. The number of aromatic nitrogens is 2. The zero-order chi connectivity index (χ0) is 14.1. The second-order valence-corrected chi connectivity index (χ2v) is 5.99. The Labute approximate surface area is 110 Å². The molecule has 0 bridgehead atoms. The summed E-state index contributed by atoms with van der Waals surface area (Å²) in [5, 5.41) is 7.88. The monoisotopic (exact) mass is 253 g/mol. The number of hydrogen-bond acceptors (Lipinski definition) is 4. The SMILES string of the molecule is CC(C)c1nn(C)c(NCC(C)(C)N(C)C)c1N. The third kappa shape index (κ3) is 2.96. The predicted octanol–water partition coefficient (Wildman–Crippen LogP) is 1.88. The Morgan fingerprint density at radius 3 is 2.33 bits per heavy atom. The van der Waals surface area contributed by atoms with Crippen molar-refractivity contribution < 1.29 is 0 Å². The van der Waals surface area contributed by atoms with Crippen molar-refractivity contribution in [2.75, 3.05) is 31.7 Å². The molecule has 0 aliphatic carbocycles. The molecule has 0 aromatic carbocycles. The number of nitrogen functional groups attached to an aromatic ring is 1. The molecule has 5 nitrogen and oxygen atoms in total. The van der Waals surface area contributed by atoms with Crippen molar-refractivity contribution in [3.05, 3.63) is 5.69 Å². The molecule has 1 aromatic heterocycles. The van der Waals surface area contributed by atoms with Gasteiger partial charge in [-0.05, 0) is 33.9 Å². The molecule has 3 N–H and O–H groups in total. The Kier molecular flexibility index (Phi) is 4.27. The van der Waals surface area contributed by atoms with Gasteiger partial charge in [0, 0.05) is 19.1 Å². The molecule has 0 atom stereocenters. The maximum absolute atomic E-state index is 6.15. The lowest BCUT2D eigenvalue weighted by Gasteiger charge is -2.33. The van der Waals surface area contributed by atoms with Gasteiger partial charge < -0.3 is 16.0 Å². The predicted molar refractivity (Wildman–Crippen MR) is 78.0 cm³/mol. The molecule has 1 aromatic rings. The van der Waals surface area contributed by atoms with Crippen molar-refractivity contribution in [3.8, 4) is 0 Å². The lowest BCUT2D eigenvalue weighted by atomic mass is 10.0. The van der Waals surface area contributed by atoms with E-state index in [1.54, 1.807) is 0 Å². The highest BCUT2D eigenvalue weighted by atomic mass is 15.3. The molecule has 0 fully saturated rings. The Balaban J connectivity index is 2.86. The number of nitrogens with one attached hydrogen (secondary N) is 1. The largest absolute Gasteiger partial charge is 0.394 e. The van der Waals surface area contributed by atoms with E-state index in [-0.39, 0.29) is 5.54 Å². The van der Waals surface area contributed by atoms with Crippen LogP contribution in [0.25, 0.3) is 0 Å². The van der Waals surface area contributed by atoms with Crippen molar-refractivity contribution in [3.63, 3.8) is 0 Å². The number of anilines is 2. The van der Waals surface area contributed by atoms with Gasteiger partial charge in [-0.1, -0.05) is 13.8 Å². The number of nitrogens with zero attached hydrogens (tertiary/aromatic N) is 3. The van der Waals surface area contributed by atoms with Gasteiger partial charge in [-0.3, -0.25) is 4.68 Å². The number of rotatable bonds is 5. The molecule has 104 valence electrons. The standard InChI is InChI=1S/C13H27N5/c1-9(2)11-10(14)12(18(7)16-11)15-8-13(3,4)17(5)6/h9,15H,8,14H2,1-7H3. The number of aryl methyl sites for hydroxylation is 1. The normalized spacial score (nSPS) is 12.5. The Morgan fingerprint density at radius 1 is 1.39 bits per heavy atom. The summed E-state index contributed by atoms with van der Waals surface area (Å²) in [7, 11) is 6.08. The second kappa shape index (κ2) is 5.18. The molecule has 0 aliphatic heterocycles. The smallest absolute Gasteiger partial charge is 0.147 e. The Morgan fingerprint density at radius 2 is 1.94 bits per heavy atom. The van der Waals surface area contributed by atoms with Gasteiger partial charge in [0.15, 0.2) is 0 Å². The fourth-order valence-corrected chi connectivity index (χ4v) is 1.66. The summed E-state index contributed by atoms with van der Waals surface area (Å²) in [5.74, 6) is 1.25. The van der Waals surface area contributed by atoms with Crippen molar-refractivity contribution in [2.45, 2.75) is 39.2 Å². The van der Waals surface area contributed by atoms with Crippen molar-refractivity contribution in [1.82, 2.24) is 14.7 Å². The molecule has 1 rings (SSSR count). The van der Waals surface area contributed by atoms with Crippen molar-refractivity contribution >= 4 is 11.5 Å². The molecule has 5 heteroatoms. The van der Waals surface area contributed by atoms with Crippen LogP contribution >= 0.6 is 0 Å². The van der Waals surface area contributed by atoms with Gasteiger partial charge in [0.2, 0.25) is 0 Å². The quantitative estimate of drug-likeness (QED) is 0.841. The van der Waals surface area contributed by atoms with Gasteiger partial charge in [0.05, 0.1) is 11.4 Å². The van der Waals surface area contributed by atoms with Crippen LogP contribution in [0.5, 0.6) is 0 Å². The van der Waals surface area contributed by atoms with Crippen LogP contribution in [-0.2, 0) is 7.05 Å². The summed E-state index contributed by atoms with van der Waals surface area (Å²) in [5.41, 5.74) is 7.94. The van der Waals surface area contributed by atoms with E-state index < -0.39 is 0 Å². The number of nitrogens with two attached hydrogens (primary N) is 1. The van der Waals surface area contributed by atoms with Crippen molar-refractivity contribution in [2.24, 2.45) is 7.05 Å². The molecule has 0 radical (unpaired) electrons. The van der Waals surface area contributed by atoms with Crippen LogP contribution < -0.4 is 11.1 Å². The minimum Gasteiger partial charge on any atom is -0.394 e. The maximum atomic E-state index is 6.15. The van der Waals surface area contributed by atoms with E-state index in [0.29, 0.717) is 5.92 Å². The average molecular weight is 253 g/mol. The van der Waals surface area contributed by atoms with Crippen LogP contribution in [0.4, 0.5) is 11.5 Å². The minimum absolute atomic E-state index is 0.0642. The second-order valence-electron chi connectivity index (χ2n) is 5.99. The van der Waals surface area contributed by atoms with Gasteiger partial charge in [-0.15, -0.1) is 0 Å². The van der Waals surface area contributed by atoms with Gasteiger partial charge in [-0.2, -0.15) is 5.10 Å². The van der Waals surface area contributed by atoms with Crippen LogP contribution in [0.3, 0.4) is 0 Å². The minimum atomic E-state index is 0.0642. The van der Waals surface area contributed by atoms with E-state index in [1.165, 1.54) is 0 Å². The summed E-state index contributed by atoms with van der Waals surface area (Å²) in [6.07, 6.45) is 0. The summed E-state index contributed by atoms with van der Waals surface area (Å²) in [6.45, 7) is 9.41. The highest BCUT2D eigenvalue weighted by Gasteiger charge is 2.22. The van der Waals surface area contributed by atoms with Gasteiger partial charge in [0.25, 0.3) is 0 Å². The molecule has 18 heavy (non-hydrogen) atoms. The first-order valence-electron chi connectivity index (χ1n) is 6.40. The first-order chi connectivity index (χ1) is 8.16. The molecule has 0 spiro atoms. The molecular formula is C13H27N5. The zero-order valence-electron chi connectivity index (χ0n) is 12.7. The topological polar surface area (TPSA) is 59.1 Å². The number of hydrogen-bond donors (Lipinski definition) is 2. The van der Waals surface area contributed by atoms with Crippen LogP contribution in [0.2, 0.25) is 0 Å². The third-order valence-corrected chi connectivity index (χ3v) is 3.56. The maximum Gasteiger partial charge on any atom is 0.147 e. The van der Waals surface area contributed by atoms with E-state index in [0.717, 1.165) is 23.7 Å². The van der Waals surface area contributed by atoms with Crippen LogP contribution in [-0.4, -0.2) is 40.9 Å². The third-order valence-electron chi connectivity index (χ3n) is 3.56. The summed E-state index contributed by atoms with van der Waals surface area (Å²) in [6, 6.07) is 0. The molecule has 1 heterocycles. The molecule has 0 saturated carbocycles. The zero-order valence-corrected chi connectivity index (χ0v) is 12.7. The van der Waals surface area contributed by atoms with Crippen LogP contribution in [0, 0.1) is 0 Å². The lowest BCUT2D eigenvalue weighted by Crippen LogP contribution is -2.44. The first kappa shape index (κ1) is 14.8. The Hall–Kier alpha value is -1.23. The molecule has 0 aliphatic rings. The van der Waals surface area contributed by atoms with Gasteiger partial charge >= 0.3 is 0 Å². The van der Waals surface area contributed by atoms with E-state index in [2.05, 4.69) is 57.1 Å². The van der Waals surface area contributed by atoms with Gasteiger partial charge in [0.1, 0.15) is 5.82 Å². The molecule has 0 saturated heterocycles. The van der Waals surface area contributed by atoms with E-state index in [9.17, 15) is 0 Å². The summed E-state index contributed by atoms with van der Waals surface area (Å²) in [4.78, 5) is 2.19.